The SMILES string of the molecule is OC1=C(c2ccc(OCCN3CCCCC3)cc2)c2c3c(cc(O)c2=c2ccccc2=C1)=CCOC3. The summed E-state index contributed by atoms with van der Waals surface area (Å²) in [5.74, 6) is 1.18. The lowest BCUT2D eigenvalue weighted by Gasteiger charge is -2.26. The van der Waals surface area contributed by atoms with Gasteiger partial charge in [-0.05, 0) is 77.0 Å². The first-order chi connectivity index (χ1) is 17.7. The lowest BCUT2D eigenvalue weighted by Crippen LogP contribution is -2.33. The van der Waals surface area contributed by atoms with Crippen molar-refractivity contribution < 1.29 is 19.7 Å². The average molecular weight is 482 g/mol. The van der Waals surface area contributed by atoms with Crippen molar-refractivity contribution in [1.29, 1.82) is 0 Å². The van der Waals surface area contributed by atoms with Crippen molar-refractivity contribution in [3.8, 4) is 11.5 Å². The Morgan fingerprint density at radius 2 is 1.72 bits per heavy atom. The first-order valence-corrected chi connectivity index (χ1v) is 12.8. The molecule has 0 saturated carbocycles. The van der Waals surface area contributed by atoms with Crippen LogP contribution in [0.4, 0.5) is 0 Å². The Bertz CT molecular complexity index is 1530. The minimum atomic E-state index is 0.165. The molecule has 0 aromatic heterocycles. The number of hydrogen-bond acceptors (Lipinski definition) is 5. The van der Waals surface area contributed by atoms with Crippen LogP contribution in [0, 0.1) is 10.4 Å². The van der Waals surface area contributed by atoms with E-state index in [0.29, 0.717) is 25.4 Å². The molecule has 1 fully saturated rings. The van der Waals surface area contributed by atoms with E-state index in [0.717, 1.165) is 62.9 Å². The standard InChI is InChI=1S/C31H31NO4/c33-27-18-22-6-2-3-7-25(22)30-28(34)19-23-12-16-35-20-26(23)31(30)29(27)21-8-10-24(11-9-21)36-17-15-32-13-4-1-5-14-32/h2-3,6-12,18-19,33-34H,1,4-5,13-17,20H2. The molecule has 0 spiro atoms. The zero-order chi connectivity index (χ0) is 24.5. The number of phenolic OH excluding ortho intramolecular Hbond substituents is 1. The summed E-state index contributed by atoms with van der Waals surface area (Å²) in [6.45, 7) is 4.84. The monoisotopic (exact) mass is 481 g/mol. The van der Waals surface area contributed by atoms with E-state index in [4.69, 9.17) is 9.47 Å². The third-order valence-corrected chi connectivity index (χ3v) is 7.41. The number of hydrogen-bond donors (Lipinski definition) is 2. The van der Waals surface area contributed by atoms with Crippen LogP contribution in [-0.2, 0) is 11.3 Å². The molecule has 3 aliphatic rings. The van der Waals surface area contributed by atoms with E-state index in [1.807, 2.05) is 60.7 Å². The fraction of sp³-hybridized carbons (Fsp3) is 0.290. The van der Waals surface area contributed by atoms with Crippen LogP contribution in [0.2, 0.25) is 0 Å². The molecular formula is C31H31NO4. The Hall–Kier alpha value is -3.54. The fourth-order valence-corrected chi connectivity index (χ4v) is 5.61. The quantitative estimate of drug-likeness (QED) is 0.578. The number of fused-ring (bicyclic) bond motifs is 4. The van der Waals surface area contributed by atoms with Crippen molar-refractivity contribution in [3.63, 3.8) is 0 Å². The Balaban J connectivity index is 1.42. The van der Waals surface area contributed by atoms with Gasteiger partial charge in [0.05, 0.1) is 13.2 Å². The predicted octanol–water partition coefficient (Wildman–Crippen LogP) is 3.97. The summed E-state index contributed by atoms with van der Waals surface area (Å²) in [4.78, 5) is 2.46. The van der Waals surface area contributed by atoms with Gasteiger partial charge in [0.25, 0.3) is 0 Å². The van der Waals surface area contributed by atoms with E-state index in [-0.39, 0.29) is 11.5 Å². The van der Waals surface area contributed by atoms with Crippen LogP contribution in [-0.4, -0.2) is 48.0 Å². The van der Waals surface area contributed by atoms with Crippen LogP contribution in [0.3, 0.4) is 0 Å². The number of aliphatic hydroxyl groups excluding tert-OH is 1. The Labute approximate surface area is 210 Å². The van der Waals surface area contributed by atoms with Crippen LogP contribution < -0.4 is 15.2 Å². The molecule has 1 saturated heterocycles. The molecule has 0 amide bonds. The summed E-state index contributed by atoms with van der Waals surface area (Å²) in [5.41, 5.74) is 3.34. The van der Waals surface area contributed by atoms with Gasteiger partial charge in [0.1, 0.15) is 23.9 Å². The molecule has 0 atom stereocenters. The van der Waals surface area contributed by atoms with Gasteiger partial charge in [-0.3, -0.25) is 4.90 Å². The first kappa shape index (κ1) is 22.9. The van der Waals surface area contributed by atoms with Crippen LogP contribution in [0.1, 0.15) is 36.0 Å². The van der Waals surface area contributed by atoms with Gasteiger partial charge in [-0.25, -0.2) is 0 Å². The number of nitrogens with zero attached hydrogens (tertiary/aromatic N) is 1. The number of aromatic hydroxyl groups is 1. The second-order valence-corrected chi connectivity index (χ2v) is 9.70. The third-order valence-electron chi connectivity index (χ3n) is 7.41. The smallest absolute Gasteiger partial charge is 0.124 e. The van der Waals surface area contributed by atoms with Gasteiger partial charge in [-0.15, -0.1) is 0 Å². The normalized spacial score (nSPS) is 17.2. The number of aliphatic hydroxyl groups is 1. The number of allylic oxidation sites excluding steroid dienone is 1. The van der Waals surface area contributed by atoms with Crippen molar-refractivity contribution >= 4 is 17.7 Å². The number of ether oxygens (including phenoxy) is 2. The number of piperidine rings is 1. The third kappa shape index (κ3) is 4.29. The van der Waals surface area contributed by atoms with Gasteiger partial charge in [0, 0.05) is 22.9 Å². The fourth-order valence-electron chi connectivity index (χ4n) is 5.61. The van der Waals surface area contributed by atoms with Crippen LogP contribution in [0.15, 0.2) is 60.4 Å². The van der Waals surface area contributed by atoms with E-state index in [2.05, 4.69) is 4.90 Å². The maximum atomic E-state index is 11.4. The van der Waals surface area contributed by atoms with E-state index < -0.39 is 0 Å². The van der Waals surface area contributed by atoms with E-state index in [1.165, 1.54) is 19.3 Å². The van der Waals surface area contributed by atoms with Gasteiger partial charge in [0.2, 0.25) is 0 Å². The number of likely N-dealkylation sites (tertiary alicyclic amines) is 1. The topological polar surface area (TPSA) is 62.2 Å². The molecule has 1 aliphatic carbocycles. The lowest BCUT2D eigenvalue weighted by atomic mass is 9.89. The maximum Gasteiger partial charge on any atom is 0.124 e. The average Bonchev–Trinajstić information content (AvgIpc) is 3.04. The highest BCUT2D eigenvalue weighted by Gasteiger charge is 2.22. The van der Waals surface area contributed by atoms with Gasteiger partial charge >= 0.3 is 0 Å². The van der Waals surface area contributed by atoms with Crippen molar-refractivity contribution in [2.24, 2.45) is 0 Å². The molecule has 184 valence electrons. The number of phenols is 1. The molecule has 3 aromatic rings. The predicted molar refractivity (Wildman–Crippen MR) is 141 cm³/mol. The number of benzene rings is 3. The highest BCUT2D eigenvalue weighted by atomic mass is 16.5. The molecule has 36 heavy (non-hydrogen) atoms. The van der Waals surface area contributed by atoms with E-state index >= 15 is 0 Å². The summed E-state index contributed by atoms with van der Waals surface area (Å²) in [6, 6.07) is 17.5. The van der Waals surface area contributed by atoms with Gasteiger partial charge in [-0.2, -0.15) is 0 Å². The molecule has 5 heteroatoms. The van der Waals surface area contributed by atoms with Gasteiger partial charge in [-0.1, -0.05) is 48.9 Å². The van der Waals surface area contributed by atoms with Gasteiger partial charge in [0.15, 0.2) is 0 Å². The molecular weight excluding hydrogens is 450 g/mol. The van der Waals surface area contributed by atoms with Crippen LogP contribution >= 0.6 is 0 Å². The van der Waals surface area contributed by atoms with Crippen molar-refractivity contribution in [2.45, 2.75) is 25.9 Å². The number of rotatable bonds is 5. The molecule has 2 aliphatic heterocycles. The minimum Gasteiger partial charge on any atom is -0.507 e. The Kier molecular flexibility index (Phi) is 6.26. The molecule has 3 aromatic carbocycles. The summed E-state index contributed by atoms with van der Waals surface area (Å²) in [7, 11) is 0. The lowest BCUT2D eigenvalue weighted by molar-refractivity contribution is 0.150. The van der Waals surface area contributed by atoms with E-state index in [9.17, 15) is 10.2 Å². The second kappa shape index (κ2) is 9.84. The van der Waals surface area contributed by atoms with Gasteiger partial charge < -0.3 is 19.7 Å². The highest BCUT2D eigenvalue weighted by Crippen LogP contribution is 2.35. The summed E-state index contributed by atoms with van der Waals surface area (Å²) in [6.07, 6.45) is 7.65. The molecule has 6 rings (SSSR count). The Morgan fingerprint density at radius 3 is 2.56 bits per heavy atom. The van der Waals surface area contributed by atoms with Crippen LogP contribution in [0.25, 0.3) is 17.7 Å². The van der Waals surface area contributed by atoms with Crippen molar-refractivity contribution in [3.05, 3.63) is 97.9 Å². The molecule has 0 unspecified atom stereocenters. The summed E-state index contributed by atoms with van der Waals surface area (Å²) < 4.78 is 11.8. The maximum absolute atomic E-state index is 11.4. The first-order valence-electron chi connectivity index (χ1n) is 12.8. The van der Waals surface area contributed by atoms with E-state index in [1.54, 1.807) is 6.08 Å². The molecule has 2 N–H and O–H groups in total. The highest BCUT2D eigenvalue weighted by molar-refractivity contribution is 5.88. The van der Waals surface area contributed by atoms with Crippen molar-refractivity contribution in [1.82, 2.24) is 4.90 Å². The summed E-state index contributed by atoms with van der Waals surface area (Å²) >= 11 is 0. The summed E-state index contributed by atoms with van der Waals surface area (Å²) in [5, 5.41) is 26.0. The molecule has 2 heterocycles. The zero-order valence-corrected chi connectivity index (χ0v) is 20.4. The van der Waals surface area contributed by atoms with Crippen molar-refractivity contribution in [2.75, 3.05) is 32.8 Å². The Morgan fingerprint density at radius 1 is 0.917 bits per heavy atom. The minimum absolute atomic E-state index is 0.165. The van der Waals surface area contributed by atoms with Crippen LogP contribution in [0.5, 0.6) is 11.5 Å². The molecule has 0 bridgehead atoms. The second-order valence-electron chi connectivity index (χ2n) is 9.70. The zero-order valence-electron chi connectivity index (χ0n) is 20.4. The largest absolute Gasteiger partial charge is 0.507 e. The molecule has 5 nitrogen and oxygen atoms in total. The molecule has 0 radical (unpaired) electrons.